The highest BCUT2D eigenvalue weighted by molar-refractivity contribution is 9.10. The SMILES string of the molecule is Cc1cc(C(Br)c2csc3ccccc23)c(C)cc1Br. The quantitative estimate of drug-likeness (QED) is 0.410. The van der Waals surface area contributed by atoms with E-state index in [-0.39, 0.29) is 4.83 Å². The van der Waals surface area contributed by atoms with Crippen molar-refractivity contribution in [1.82, 2.24) is 0 Å². The minimum atomic E-state index is 0.241. The van der Waals surface area contributed by atoms with E-state index in [1.54, 1.807) is 0 Å². The number of fused-ring (bicyclic) bond motifs is 1. The number of halogens is 2. The molecular weight excluding hydrogens is 396 g/mol. The minimum absolute atomic E-state index is 0.241. The highest BCUT2D eigenvalue weighted by atomic mass is 79.9. The maximum atomic E-state index is 3.90. The first-order chi connectivity index (χ1) is 9.58. The predicted octanol–water partition coefficient (Wildman–Crippen LogP) is 6.76. The van der Waals surface area contributed by atoms with Crippen LogP contribution in [0.3, 0.4) is 0 Å². The fourth-order valence-electron chi connectivity index (χ4n) is 2.44. The second kappa shape index (κ2) is 5.63. The van der Waals surface area contributed by atoms with Crippen LogP contribution in [0, 0.1) is 13.8 Å². The summed E-state index contributed by atoms with van der Waals surface area (Å²) < 4.78 is 2.52. The fraction of sp³-hybridized carbons (Fsp3) is 0.176. The summed E-state index contributed by atoms with van der Waals surface area (Å²) in [5.74, 6) is 0. The Hall–Kier alpha value is -0.640. The van der Waals surface area contributed by atoms with Crippen molar-refractivity contribution in [3.63, 3.8) is 0 Å². The van der Waals surface area contributed by atoms with Gasteiger partial charge in [0.15, 0.2) is 0 Å². The molecule has 1 aromatic heterocycles. The molecule has 0 saturated carbocycles. The molecule has 0 fully saturated rings. The van der Waals surface area contributed by atoms with Crippen molar-refractivity contribution in [2.45, 2.75) is 18.7 Å². The van der Waals surface area contributed by atoms with E-state index >= 15 is 0 Å². The van der Waals surface area contributed by atoms with Crippen molar-refractivity contribution in [2.75, 3.05) is 0 Å². The van der Waals surface area contributed by atoms with E-state index in [1.165, 1.54) is 36.8 Å². The van der Waals surface area contributed by atoms with Gasteiger partial charge in [-0.1, -0.05) is 56.1 Å². The summed E-state index contributed by atoms with van der Waals surface area (Å²) >= 11 is 9.31. The molecule has 0 aliphatic rings. The molecule has 0 radical (unpaired) electrons. The van der Waals surface area contributed by atoms with E-state index in [1.807, 2.05) is 11.3 Å². The molecule has 2 aromatic carbocycles. The molecule has 3 rings (SSSR count). The smallest absolute Gasteiger partial charge is 0.0661 e. The summed E-state index contributed by atoms with van der Waals surface area (Å²) in [6.07, 6.45) is 0. The molecule has 0 nitrogen and oxygen atoms in total. The first-order valence-electron chi connectivity index (χ1n) is 6.45. The van der Waals surface area contributed by atoms with E-state index in [4.69, 9.17) is 0 Å². The van der Waals surface area contributed by atoms with Gasteiger partial charge in [0.25, 0.3) is 0 Å². The molecule has 0 bridgehead atoms. The highest BCUT2D eigenvalue weighted by Crippen LogP contribution is 2.40. The van der Waals surface area contributed by atoms with Crippen molar-refractivity contribution in [1.29, 1.82) is 0 Å². The first kappa shape index (κ1) is 14.3. The van der Waals surface area contributed by atoms with E-state index in [0.717, 1.165) is 0 Å². The van der Waals surface area contributed by atoms with Crippen LogP contribution < -0.4 is 0 Å². The number of aryl methyl sites for hydroxylation is 2. The van der Waals surface area contributed by atoms with Gasteiger partial charge in [-0.3, -0.25) is 0 Å². The zero-order chi connectivity index (χ0) is 14.3. The van der Waals surface area contributed by atoms with Crippen LogP contribution in [0.5, 0.6) is 0 Å². The zero-order valence-electron chi connectivity index (χ0n) is 11.3. The van der Waals surface area contributed by atoms with Gasteiger partial charge in [0.1, 0.15) is 0 Å². The number of thiophene rings is 1. The van der Waals surface area contributed by atoms with Gasteiger partial charge < -0.3 is 0 Å². The molecule has 1 atom stereocenters. The number of hydrogen-bond donors (Lipinski definition) is 0. The van der Waals surface area contributed by atoms with Gasteiger partial charge >= 0.3 is 0 Å². The molecule has 0 aliphatic heterocycles. The lowest BCUT2D eigenvalue weighted by molar-refractivity contribution is 1.15. The number of hydrogen-bond acceptors (Lipinski definition) is 1. The standard InChI is InChI=1S/C17H14Br2S/c1-10-8-15(18)11(2)7-13(10)17(19)14-9-20-16-6-4-3-5-12(14)16/h3-9,17H,1-2H3. The molecule has 20 heavy (non-hydrogen) atoms. The molecule has 3 aromatic rings. The normalized spacial score (nSPS) is 12.8. The Labute approximate surface area is 140 Å². The van der Waals surface area contributed by atoms with Gasteiger partial charge in [0, 0.05) is 9.17 Å². The Morgan fingerprint density at radius 1 is 1.00 bits per heavy atom. The average Bonchev–Trinajstić information content (AvgIpc) is 2.86. The molecule has 0 amide bonds. The predicted molar refractivity (Wildman–Crippen MR) is 96.2 cm³/mol. The van der Waals surface area contributed by atoms with E-state index < -0.39 is 0 Å². The number of benzene rings is 2. The Kier molecular flexibility index (Phi) is 4.02. The van der Waals surface area contributed by atoms with E-state index in [9.17, 15) is 0 Å². The molecule has 1 unspecified atom stereocenters. The van der Waals surface area contributed by atoms with Crippen molar-refractivity contribution >= 4 is 53.3 Å². The summed E-state index contributed by atoms with van der Waals surface area (Å²) in [6, 6.07) is 13.1. The minimum Gasteiger partial charge on any atom is -0.143 e. The molecule has 3 heteroatoms. The van der Waals surface area contributed by atoms with Crippen LogP contribution in [0.4, 0.5) is 0 Å². The average molecular weight is 410 g/mol. The number of rotatable bonds is 2. The van der Waals surface area contributed by atoms with Gasteiger partial charge in [-0.15, -0.1) is 11.3 Å². The van der Waals surface area contributed by atoms with Crippen LogP contribution in [0.1, 0.15) is 27.1 Å². The van der Waals surface area contributed by atoms with Gasteiger partial charge in [0.05, 0.1) is 4.83 Å². The lowest BCUT2D eigenvalue weighted by Gasteiger charge is -2.15. The second-order valence-electron chi connectivity index (χ2n) is 5.01. The third-order valence-corrected chi connectivity index (χ3v) is 6.43. The van der Waals surface area contributed by atoms with Crippen molar-refractivity contribution in [3.05, 3.63) is 68.5 Å². The summed E-state index contributed by atoms with van der Waals surface area (Å²) in [5, 5.41) is 3.61. The summed E-state index contributed by atoms with van der Waals surface area (Å²) in [7, 11) is 0. The maximum absolute atomic E-state index is 3.90. The fourth-order valence-corrected chi connectivity index (χ4v) is 4.93. The van der Waals surface area contributed by atoms with Crippen LogP contribution in [0.25, 0.3) is 10.1 Å². The van der Waals surface area contributed by atoms with Crippen LogP contribution in [-0.2, 0) is 0 Å². The van der Waals surface area contributed by atoms with Crippen molar-refractivity contribution in [3.8, 4) is 0 Å². The maximum Gasteiger partial charge on any atom is 0.0661 e. The van der Waals surface area contributed by atoms with E-state index in [0.29, 0.717) is 0 Å². The molecule has 102 valence electrons. The molecule has 0 N–H and O–H groups in total. The van der Waals surface area contributed by atoms with Crippen LogP contribution in [-0.4, -0.2) is 0 Å². The second-order valence-corrected chi connectivity index (χ2v) is 7.69. The largest absolute Gasteiger partial charge is 0.143 e. The third-order valence-electron chi connectivity index (χ3n) is 3.60. The molecule has 0 saturated heterocycles. The summed E-state index contributed by atoms with van der Waals surface area (Å²) in [6.45, 7) is 4.31. The Balaban J connectivity index is 2.13. The van der Waals surface area contributed by atoms with Gasteiger partial charge in [-0.05, 0) is 59.0 Å². The van der Waals surface area contributed by atoms with Gasteiger partial charge in [-0.2, -0.15) is 0 Å². The van der Waals surface area contributed by atoms with Crippen LogP contribution in [0.2, 0.25) is 0 Å². The highest BCUT2D eigenvalue weighted by Gasteiger charge is 2.17. The molecule has 0 spiro atoms. The first-order valence-corrected chi connectivity index (χ1v) is 9.03. The third kappa shape index (κ3) is 2.47. The monoisotopic (exact) mass is 408 g/mol. The molecule has 1 heterocycles. The summed E-state index contributed by atoms with van der Waals surface area (Å²) in [4.78, 5) is 0.241. The zero-order valence-corrected chi connectivity index (χ0v) is 15.3. The summed E-state index contributed by atoms with van der Waals surface area (Å²) in [5.41, 5.74) is 5.28. The topological polar surface area (TPSA) is 0 Å². The Bertz CT molecular complexity index is 774. The Morgan fingerprint density at radius 2 is 1.75 bits per heavy atom. The van der Waals surface area contributed by atoms with Crippen molar-refractivity contribution in [2.24, 2.45) is 0 Å². The lowest BCUT2D eigenvalue weighted by atomic mass is 9.98. The lowest BCUT2D eigenvalue weighted by Crippen LogP contribution is -1.96. The van der Waals surface area contributed by atoms with Crippen molar-refractivity contribution < 1.29 is 0 Å². The molecule has 0 aliphatic carbocycles. The van der Waals surface area contributed by atoms with E-state index in [2.05, 4.69) is 87.5 Å². The Morgan fingerprint density at radius 3 is 2.55 bits per heavy atom. The van der Waals surface area contributed by atoms with Gasteiger partial charge in [-0.25, -0.2) is 0 Å². The number of alkyl halides is 1. The molecular formula is C17H14Br2S. The van der Waals surface area contributed by atoms with Crippen LogP contribution >= 0.6 is 43.2 Å². The van der Waals surface area contributed by atoms with Crippen LogP contribution in [0.15, 0.2) is 46.3 Å². The van der Waals surface area contributed by atoms with Gasteiger partial charge in [0.2, 0.25) is 0 Å².